The Morgan fingerprint density at radius 3 is 2.37 bits per heavy atom. The number of amides is 1. The smallest absolute Gasteiger partial charge is 0.411 e. The SMILES string of the molecule is CO/C(N)=C(\c1cnc2c3ccc(NC(=O)OC(C)C)cc3n(CC3CCOCC3)c2c1)N(C)N.c1ccccc1. The normalized spacial score (nSPS) is 14.3. The fourth-order valence-electron chi connectivity index (χ4n) is 4.91. The fraction of sp³-hybridized carbons (Fsp3) is 0.355. The van der Waals surface area contributed by atoms with Gasteiger partial charge in [-0.05, 0) is 56.9 Å². The van der Waals surface area contributed by atoms with Crippen molar-refractivity contribution in [3.63, 3.8) is 0 Å². The molecule has 1 aliphatic heterocycles. The number of nitrogens with one attached hydrogen (secondary N) is 1. The fourth-order valence-corrected chi connectivity index (χ4v) is 4.91. The second kappa shape index (κ2) is 13.9. The number of pyridine rings is 1. The second-order valence-corrected chi connectivity index (χ2v) is 10.3. The van der Waals surface area contributed by atoms with E-state index in [1.165, 1.54) is 12.1 Å². The summed E-state index contributed by atoms with van der Waals surface area (Å²) < 4.78 is 18.3. The highest BCUT2D eigenvalue weighted by Crippen LogP contribution is 2.33. The van der Waals surface area contributed by atoms with Crippen LogP contribution in [0.4, 0.5) is 10.5 Å². The monoisotopic (exact) mass is 560 g/mol. The summed E-state index contributed by atoms with van der Waals surface area (Å²) in [7, 11) is 3.21. The molecule has 1 amide bonds. The summed E-state index contributed by atoms with van der Waals surface area (Å²) in [4.78, 5) is 17.0. The van der Waals surface area contributed by atoms with E-state index in [0.29, 0.717) is 17.3 Å². The van der Waals surface area contributed by atoms with Gasteiger partial charge in [0.15, 0.2) is 0 Å². The quantitative estimate of drug-likeness (QED) is 0.158. The van der Waals surface area contributed by atoms with E-state index in [-0.39, 0.29) is 12.0 Å². The maximum Gasteiger partial charge on any atom is 0.411 e. The minimum atomic E-state index is -0.484. The zero-order valence-electron chi connectivity index (χ0n) is 24.2. The van der Waals surface area contributed by atoms with Crippen LogP contribution in [0.25, 0.3) is 27.6 Å². The Bertz CT molecular complexity index is 1450. The molecule has 5 rings (SSSR count). The van der Waals surface area contributed by atoms with Gasteiger partial charge in [0, 0.05) is 49.6 Å². The largest absolute Gasteiger partial charge is 0.481 e. The first-order valence-electron chi connectivity index (χ1n) is 13.8. The van der Waals surface area contributed by atoms with Gasteiger partial charge in [-0.2, -0.15) is 0 Å². The molecule has 1 fully saturated rings. The summed E-state index contributed by atoms with van der Waals surface area (Å²) in [6, 6.07) is 19.8. The number of benzene rings is 2. The Hall–Kier alpha value is -4.28. The summed E-state index contributed by atoms with van der Waals surface area (Å²) in [6.45, 7) is 5.94. The van der Waals surface area contributed by atoms with E-state index in [2.05, 4.69) is 9.88 Å². The highest BCUT2D eigenvalue weighted by molar-refractivity contribution is 6.07. The minimum absolute atomic E-state index is 0.205. The van der Waals surface area contributed by atoms with E-state index in [1.807, 2.05) is 74.5 Å². The number of hydrogen-bond donors (Lipinski definition) is 3. The third-order valence-electron chi connectivity index (χ3n) is 6.82. The summed E-state index contributed by atoms with van der Waals surface area (Å²) in [6.07, 6.45) is 3.03. The molecule has 5 N–H and O–H groups in total. The molecular weight excluding hydrogens is 520 g/mol. The van der Waals surface area contributed by atoms with E-state index in [1.54, 1.807) is 13.2 Å². The average Bonchev–Trinajstić information content (AvgIpc) is 3.26. The van der Waals surface area contributed by atoms with Crippen molar-refractivity contribution in [3.05, 3.63) is 78.3 Å². The Labute approximate surface area is 240 Å². The van der Waals surface area contributed by atoms with Crippen LogP contribution in [0.2, 0.25) is 0 Å². The van der Waals surface area contributed by atoms with Gasteiger partial charge < -0.3 is 29.5 Å². The number of aromatic nitrogens is 2. The molecule has 3 heterocycles. The number of nitrogens with two attached hydrogens (primary N) is 2. The van der Waals surface area contributed by atoms with Crippen molar-refractivity contribution in [1.29, 1.82) is 0 Å². The number of carbonyl (C=O) groups excluding carboxylic acids is 1. The van der Waals surface area contributed by atoms with E-state index in [4.69, 9.17) is 30.8 Å². The average molecular weight is 561 g/mol. The predicted molar refractivity (Wildman–Crippen MR) is 163 cm³/mol. The van der Waals surface area contributed by atoms with E-state index in [9.17, 15) is 4.79 Å². The van der Waals surface area contributed by atoms with Crippen molar-refractivity contribution >= 4 is 39.4 Å². The van der Waals surface area contributed by atoms with Crippen LogP contribution in [0.3, 0.4) is 0 Å². The Balaban J connectivity index is 0.000000572. The lowest BCUT2D eigenvalue weighted by Crippen LogP contribution is -2.27. The van der Waals surface area contributed by atoms with Crippen molar-refractivity contribution in [2.24, 2.45) is 17.5 Å². The number of nitrogens with zero attached hydrogens (tertiary/aromatic N) is 3. The van der Waals surface area contributed by atoms with Crippen LogP contribution in [0.5, 0.6) is 0 Å². The first-order valence-corrected chi connectivity index (χ1v) is 13.8. The molecule has 10 heteroatoms. The van der Waals surface area contributed by atoms with Crippen LogP contribution < -0.4 is 16.9 Å². The lowest BCUT2D eigenvalue weighted by atomic mass is 10.0. The number of hydrazine groups is 1. The lowest BCUT2D eigenvalue weighted by molar-refractivity contribution is 0.0619. The molecule has 4 aromatic rings. The van der Waals surface area contributed by atoms with Gasteiger partial charge in [-0.1, -0.05) is 36.4 Å². The molecule has 2 aromatic heterocycles. The van der Waals surface area contributed by atoms with Gasteiger partial charge in [0.25, 0.3) is 0 Å². The molecule has 0 atom stereocenters. The van der Waals surface area contributed by atoms with Crippen molar-refractivity contribution in [2.75, 3.05) is 32.7 Å². The highest BCUT2D eigenvalue weighted by atomic mass is 16.6. The lowest BCUT2D eigenvalue weighted by Gasteiger charge is -2.23. The van der Waals surface area contributed by atoms with Gasteiger partial charge in [0.2, 0.25) is 5.88 Å². The number of ether oxygens (including phenoxy) is 3. The maximum atomic E-state index is 12.2. The molecule has 0 spiro atoms. The number of methoxy groups -OCH3 is 1. The summed E-state index contributed by atoms with van der Waals surface area (Å²) in [5.74, 6) is 6.74. The van der Waals surface area contributed by atoms with E-state index < -0.39 is 6.09 Å². The van der Waals surface area contributed by atoms with Gasteiger partial charge >= 0.3 is 6.09 Å². The van der Waals surface area contributed by atoms with Crippen LogP contribution in [-0.4, -0.2) is 54.1 Å². The van der Waals surface area contributed by atoms with Crippen molar-refractivity contribution in [1.82, 2.24) is 14.6 Å². The molecule has 0 saturated carbocycles. The number of fused-ring (bicyclic) bond motifs is 3. The number of rotatable bonds is 7. The van der Waals surface area contributed by atoms with Crippen molar-refractivity contribution in [3.8, 4) is 0 Å². The first-order chi connectivity index (χ1) is 19.8. The molecule has 10 nitrogen and oxygen atoms in total. The molecule has 0 unspecified atom stereocenters. The minimum Gasteiger partial charge on any atom is -0.481 e. The molecule has 218 valence electrons. The molecule has 0 bridgehead atoms. The van der Waals surface area contributed by atoms with Gasteiger partial charge in [0.05, 0.1) is 29.8 Å². The number of anilines is 1. The van der Waals surface area contributed by atoms with Crippen LogP contribution in [0, 0.1) is 5.92 Å². The molecule has 41 heavy (non-hydrogen) atoms. The topological polar surface area (TPSA) is 130 Å². The zero-order valence-corrected chi connectivity index (χ0v) is 24.2. The molecule has 2 aromatic carbocycles. The van der Waals surface area contributed by atoms with Gasteiger partial charge in [0.1, 0.15) is 5.70 Å². The molecule has 1 saturated heterocycles. The molecule has 0 aliphatic carbocycles. The van der Waals surface area contributed by atoms with Crippen LogP contribution >= 0.6 is 0 Å². The summed E-state index contributed by atoms with van der Waals surface area (Å²) >= 11 is 0. The second-order valence-electron chi connectivity index (χ2n) is 10.3. The number of hydrogen-bond acceptors (Lipinski definition) is 8. The molecule has 1 aliphatic rings. The van der Waals surface area contributed by atoms with Crippen LogP contribution in [0.1, 0.15) is 32.3 Å². The zero-order chi connectivity index (χ0) is 29.4. The van der Waals surface area contributed by atoms with Crippen LogP contribution in [-0.2, 0) is 20.8 Å². The molecular formula is C31H40N6O4. The van der Waals surface area contributed by atoms with Gasteiger partial charge in [-0.25, -0.2) is 10.6 Å². The number of carbonyl (C=O) groups is 1. The maximum absolute atomic E-state index is 12.2. The van der Waals surface area contributed by atoms with Crippen LogP contribution in [0.15, 0.2) is 72.7 Å². The Kier molecular flexibility index (Phi) is 10.0. The predicted octanol–water partition coefficient (Wildman–Crippen LogP) is 5.30. The summed E-state index contributed by atoms with van der Waals surface area (Å²) in [5.41, 5.74) is 10.8. The van der Waals surface area contributed by atoms with E-state index in [0.717, 1.165) is 60.1 Å². The third kappa shape index (κ3) is 7.47. The summed E-state index contributed by atoms with van der Waals surface area (Å²) in [5, 5.41) is 5.25. The van der Waals surface area contributed by atoms with Gasteiger partial charge in [-0.15, -0.1) is 0 Å². The Morgan fingerprint density at radius 1 is 1.12 bits per heavy atom. The van der Waals surface area contributed by atoms with E-state index >= 15 is 0 Å². The van der Waals surface area contributed by atoms with Crippen molar-refractivity contribution in [2.45, 2.75) is 39.3 Å². The highest BCUT2D eigenvalue weighted by Gasteiger charge is 2.21. The standard InChI is InChI=1S/C25H34N6O4.C6H6/c1-15(2)35-25(32)29-18-5-6-19-20(12-18)31(14-16-7-9-34-10-8-16)21-11-17(13-28-22(19)21)23(30(3)27)24(26)33-4;1-2-4-6-5-3-1/h5-6,11-13,15-16H,7-10,14,26-27H2,1-4H3,(H,29,32);1-6H/b24-23+;. The Morgan fingerprint density at radius 2 is 1.78 bits per heavy atom. The first kappa shape index (κ1) is 29.7. The molecule has 0 radical (unpaired) electrons. The third-order valence-corrected chi connectivity index (χ3v) is 6.82. The van der Waals surface area contributed by atoms with Crippen molar-refractivity contribution < 1.29 is 19.0 Å². The van der Waals surface area contributed by atoms with Gasteiger partial charge in [-0.3, -0.25) is 10.3 Å².